The molecule has 0 spiro atoms. The number of rotatable bonds is 6. The Morgan fingerprint density at radius 3 is 2.70 bits per heavy atom. The molecule has 0 bridgehead atoms. The maximum atomic E-state index is 5.42. The lowest BCUT2D eigenvalue weighted by Crippen LogP contribution is -2.41. The summed E-state index contributed by atoms with van der Waals surface area (Å²) < 4.78 is 5.42. The second-order valence-electron chi connectivity index (χ2n) is 6.37. The summed E-state index contributed by atoms with van der Waals surface area (Å²) in [5.41, 5.74) is 1.75. The highest BCUT2D eigenvalue weighted by molar-refractivity contribution is 5.34. The molecular formula is C18H29NO. The molecule has 2 rings (SSSR count). The molecule has 2 heteroatoms. The molecule has 0 aromatic heterocycles. The molecule has 112 valence electrons. The second-order valence-corrected chi connectivity index (χ2v) is 6.37. The van der Waals surface area contributed by atoms with Crippen LogP contribution >= 0.6 is 0 Å². The third-order valence-corrected chi connectivity index (χ3v) is 4.80. The van der Waals surface area contributed by atoms with Gasteiger partial charge < -0.3 is 10.1 Å². The molecular weight excluding hydrogens is 246 g/mol. The van der Waals surface area contributed by atoms with Crippen LogP contribution in [0.3, 0.4) is 0 Å². The molecule has 1 fully saturated rings. The van der Waals surface area contributed by atoms with E-state index >= 15 is 0 Å². The van der Waals surface area contributed by atoms with Gasteiger partial charge in [0.25, 0.3) is 0 Å². The van der Waals surface area contributed by atoms with E-state index in [0.29, 0.717) is 5.41 Å². The first kappa shape index (κ1) is 15.4. The lowest BCUT2D eigenvalue weighted by molar-refractivity contribution is 0.233. The van der Waals surface area contributed by atoms with Crippen molar-refractivity contribution in [2.45, 2.75) is 51.4 Å². The molecule has 1 aliphatic rings. The van der Waals surface area contributed by atoms with Gasteiger partial charge in [-0.3, -0.25) is 0 Å². The van der Waals surface area contributed by atoms with Gasteiger partial charge in [0.15, 0.2) is 0 Å². The highest BCUT2D eigenvalue weighted by Crippen LogP contribution is 2.41. The van der Waals surface area contributed by atoms with Gasteiger partial charge in [0.2, 0.25) is 0 Å². The topological polar surface area (TPSA) is 21.3 Å². The van der Waals surface area contributed by atoms with Crippen LogP contribution in [0.2, 0.25) is 0 Å². The highest BCUT2D eigenvalue weighted by Gasteiger charge is 2.35. The maximum absolute atomic E-state index is 5.42. The number of ether oxygens (including phenoxy) is 1. The van der Waals surface area contributed by atoms with Crippen molar-refractivity contribution in [1.82, 2.24) is 5.32 Å². The predicted molar refractivity (Wildman–Crippen MR) is 85.5 cm³/mol. The fourth-order valence-electron chi connectivity index (χ4n) is 3.34. The van der Waals surface area contributed by atoms with Crippen molar-refractivity contribution in [1.29, 1.82) is 0 Å². The average Bonchev–Trinajstić information content (AvgIpc) is 2.50. The van der Waals surface area contributed by atoms with Gasteiger partial charge in [-0.05, 0) is 62.3 Å². The Morgan fingerprint density at radius 1 is 1.30 bits per heavy atom. The molecule has 0 aliphatic heterocycles. The summed E-state index contributed by atoms with van der Waals surface area (Å²) in [4.78, 5) is 0. The van der Waals surface area contributed by atoms with Crippen molar-refractivity contribution in [2.75, 3.05) is 20.2 Å². The van der Waals surface area contributed by atoms with Gasteiger partial charge in [0.05, 0.1) is 7.11 Å². The van der Waals surface area contributed by atoms with E-state index in [9.17, 15) is 0 Å². The van der Waals surface area contributed by atoms with E-state index in [-0.39, 0.29) is 0 Å². The van der Waals surface area contributed by atoms with Crippen LogP contribution in [-0.2, 0) is 5.41 Å². The summed E-state index contributed by atoms with van der Waals surface area (Å²) in [6, 6.07) is 8.70. The molecule has 0 amide bonds. The number of methoxy groups -OCH3 is 1. The monoisotopic (exact) mass is 275 g/mol. The van der Waals surface area contributed by atoms with E-state index in [0.717, 1.165) is 24.8 Å². The lowest BCUT2D eigenvalue weighted by Gasteiger charge is -2.40. The van der Waals surface area contributed by atoms with Crippen molar-refractivity contribution >= 4 is 0 Å². The first-order chi connectivity index (χ1) is 9.70. The van der Waals surface area contributed by atoms with Crippen LogP contribution < -0.4 is 10.1 Å². The molecule has 2 nitrogen and oxygen atoms in total. The summed E-state index contributed by atoms with van der Waals surface area (Å²) in [6.45, 7) is 6.82. The standard InChI is InChI=1S/C18H29NO/c1-4-12-19-14-18(10-8-15(2)9-11-18)16-6-5-7-17(13-16)20-3/h5-7,13,15,19H,4,8-12,14H2,1-3H3. The summed E-state index contributed by atoms with van der Waals surface area (Å²) in [6.07, 6.45) is 6.46. The fraction of sp³-hybridized carbons (Fsp3) is 0.667. The van der Waals surface area contributed by atoms with E-state index in [1.807, 2.05) is 6.07 Å². The number of nitrogens with one attached hydrogen (secondary N) is 1. The number of benzene rings is 1. The van der Waals surface area contributed by atoms with Crippen LogP contribution in [0.15, 0.2) is 24.3 Å². The minimum Gasteiger partial charge on any atom is -0.497 e. The molecule has 0 unspecified atom stereocenters. The minimum absolute atomic E-state index is 0.302. The molecule has 0 atom stereocenters. The molecule has 0 heterocycles. The van der Waals surface area contributed by atoms with Crippen LogP contribution in [0.4, 0.5) is 0 Å². The van der Waals surface area contributed by atoms with Gasteiger partial charge in [-0.2, -0.15) is 0 Å². The van der Waals surface area contributed by atoms with Gasteiger partial charge in [-0.15, -0.1) is 0 Å². The molecule has 1 aromatic rings. The van der Waals surface area contributed by atoms with Crippen molar-refractivity contribution in [2.24, 2.45) is 5.92 Å². The molecule has 20 heavy (non-hydrogen) atoms. The van der Waals surface area contributed by atoms with Crippen molar-refractivity contribution in [3.63, 3.8) is 0 Å². The third kappa shape index (κ3) is 3.54. The summed E-state index contributed by atoms with van der Waals surface area (Å²) in [7, 11) is 1.75. The Labute approximate surface area is 123 Å². The predicted octanol–water partition coefficient (Wildman–Crippen LogP) is 4.14. The van der Waals surface area contributed by atoms with E-state index in [1.54, 1.807) is 7.11 Å². The van der Waals surface area contributed by atoms with Crippen LogP contribution in [0.5, 0.6) is 5.75 Å². The smallest absolute Gasteiger partial charge is 0.119 e. The Hall–Kier alpha value is -1.02. The number of hydrogen-bond acceptors (Lipinski definition) is 2. The van der Waals surface area contributed by atoms with E-state index < -0.39 is 0 Å². The van der Waals surface area contributed by atoms with Gasteiger partial charge in [0, 0.05) is 12.0 Å². The quantitative estimate of drug-likeness (QED) is 0.788. The first-order valence-corrected chi connectivity index (χ1v) is 8.05. The Bertz CT molecular complexity index is 408. The molecule has 1 aromatic carbocycles. The summed E-state index contributed by atoms with van der Waals surface area (Å²) >= 11 is 0. The van der Waals surface area contributed by atoms with Gasteiger partial charge in [0.1, 0.15) is 5.75 Å². The van der Waals surface area contributed by atoms with Crippen molar-refractivity contribution < 1.29 is 4.74 Å². The summed E-state index contributed by atoms with van der Waals surface area (Å²) in [5.74, 6) is 1.86. The Kier molecular flexibility index (Phi) is 5.47. The molecule has 1 saturated carbocycles. The van der Waals surface area contributed by atoms with Gasteiger partial charge in [-0.1, -0.05) is 26.0 Å². The molecule has 1 aliphatic carbocycles. The van der Waals surface area contributed by atoms with Crippen LogP contribution in [0, 0.1) is 5.92 Å². The van der Waals surface area contributed by atoms with E-state index in [2.05, 4.69) is 37.4 Å². The van der Waals surface area contributed by atoms with Crippen LogP contribution in [0.25, 0.3) is 0 Å². The number of hydrogen-bond donors (Lipinski definition) is 1. The van der Waals surface area contributed by atoms with Crippen molar-refractivity contribution in [3.05, 3.63) is 29.8 Å². The van der Waals surface area contributed by atoms with Crippen LogP contribution in [-0.4, -0.2) is 20.2 Å². The Balaban J connectivity index is 2.20. The summed E-state index contributed by atoms with van der Waals surface area (Å²) in [5, 5.41) is 3.66. The van der Waals surface area contributed by atoms with E-state index in [1.165, 1.54) is 37.7 Å². The third-order valence-electron chi connectivity index (χ3n) is 4.80. The van der Waals surface area contributed by atoms with Gasteiger partial charge >= 0.3 is 0 Å². The van der Waals surface area contributed by atoms with E-state index in [4.69, 9.17) is 4.74 Å². The minimum atomic E-state index is 0.302. The van der Waals surface area contributed by atoms with Crippen molar-refractivity contribution in [3.8, 4) is 5.75 Å². The normalized spacial score (nSPS) is 26.4. The zero-order valence-corrected chi connectivity index (χ0v) is 13.2. The zero-order valence-electron chi connectivity index (χ0n) is 13.2. The highest BCUT2D eigenvalue weighted by atomic mass is 16.5. The first-order valence-electron chi connectivity index (χ1n) is 8.05. The maximum Gasteiger partial charge on any atom is 0.119 e. The van der Waals surface area contributed by atoms with Crippen LogP contribution in [0.1, 0.15) is 51.5 Å². The average molecular weight is 275 g/mol. The zero-order chi connectivity index (χ0) is 14.4. The Morgan fingerprint density at radius 2 is 2.05 bits per heavy atom. The fourth-order valence-corrected chi connectivity index (χ4v) is 3.34. The molecule has 0 radical (unpaired) electrons. The second kappa shape index (κ2) is 7.12. The SMILES string of the molecule is CCCNCC1(c2cccc(OC)c2)CCC(C)CC1. The van der Waals surface area contributed by atoms with Gasteiger partial charge in [-0.25, -0.2) is 0 Å². The lowest BCUT2D eigenvalue weighted by atomic mass is 9.67. The molecule has 1 N–H and O–H groups in total. The molecule has 0 saturated heterocycles. The largest absolute Gasteiger partial charge is 0.497 e.